The number of fused-ring (bicyclic) bond motifs is 1. The molecule has 1 saturated heterocycles. The third-order valence-corrected chi connectivity index (χ3v) is 3.47. The van der Waals surface area contributed by atoms with Gasteiger partial charge in [-0.3, -0.25) is 0 Å². The number of hydrogen-bond donors (Lipinski definition) is 1. The van der Waals surface area contributed by atoms with Crippen molar-refractivity contribution in [3.63, 3.8) is 0 Å². The highest BCUT2D eigenvalue weighted by Crippen LogP contribution is 2.31. The summed E-state index contributed by atoms with van der Waals surface area (Å²) in [6, 6.07) is 6.19. The van der Waals surface area contributed by atoms with Crippen molar-refractivity contribution in [1.82, 2.24) is 5.32 Å². The Morgan fingerprint density at radius 1 is 1.25 bits per heavy atom. The van der Waals surface area contributed by atoms with Gasteiger partial charge in [-0.2, -0.15) is 0 Å². The van der Waals surface area contributed by atoms with Crippen LogP contribution < -0.4 is 10.2 Å². The van der Waals surface area contributed by atoms with Crippen LogP contribution in [0.5, 0.6) is 0 Å². The average Bonchev–Trinajstić information content (AvgIpc) is 2.73. The van der Waals surface area contributed by atoms with Crippen molar-refractivity contribution in [2.24, 2.45) is 0 Å². The number of hydrogen-bond acceptors (Lipinski definition) is 3. The van der Waals surface area contributed by atoms with Crippen molar-refractivity contribution in [3.8, 4) is 0 Å². The Labute approximate surface area is 103 Å². The van der Waals surface area contributed by atoms with Crippen LogP contribution in [-0.2, 0) is 0 Å². The van der Waals surface area contributed by atoms with E-state index in [2.05, 4.69) is 38.3 Å². The maximum absolute atomic E-state index is 5.59. The largest absolute Gasteiger partial charge is 0.462 e. The molecule has 3 rings (SSSR count). The smallest absolute Gasteiger partial charge is 0.137 e. The van der Waals surface area contributed by atoms with E-state index in [1.807, 2.05) is 12.3 Å². The highest BCUT2D eigenvalue weighted by molar-refractivity contribution is 9.10. The number of anilines is 1. The Bertz CT molecular complexity index is 503. The normalized spacial score (nSPS) is 16.9. The molecule has 84 valence electrons. The lowest BCUT2D eigenvalue weighted by atomic mass is 10.2. The molecule has 3 nitrogen and oxygen atoms in total. The van der Waals surface area contributed by atoms with Gasteiger partial charge in [-0.15, -0.1) is 0 Å². The monoisotopic (exact) mass is 280 g/mol. The maximum atomic E-state index is 5.59. The zero-order chi connectivity index (χ0) is 11.0. The van der Waals surface area contributed by atoms with E-state index in [1.54, 1.807) is 0 Å². The van der Waals surface area contributed by atoms with Gasteiger partial charge in [0, 0.05) is 36.0 Å². The van der Waals surface area contributed by atoms with Gasteiger partial charge >= 0.3 is 0 Å². The number of piperazine rings is 1. The van der Waals surface area contributed by atoms with Crippen molar-refractivity contribution >= 4 is 32.6 Å². The molecule has 0 amide bonds. The zero-order valence-electron chi connectivity index (χ0n) is 8.87. The van der Waals surface area contributed by atoms with E-state index < -0.39 is 0 Å². The van der Waals surface area contributed by atoms with E-state index in [-0.39, 0.29) is 0 Å². The first-order valence-corrected chi connectivity index (χ1v) is 6.26. The second-order valence-corrected chi connectivity index (χ2v) is 4.91. The van der Waals surface area contributed by atoms with Gasteiger partial charge in [0.05, 0.1) is 5.69 Å². The lowest BCUT2D eigenvalue weighted by molar-refractivity contribution is 0.578. The Morgan fingerprint density at radius 2 is 2.06 bits per heavy atom. The predicted octanol–water partition coefficient (Wildman–Crippen LogP) is 2.60. The quantitative estimate of drug-likeness (QED) is 0.871. The van der Waals surface area contributed by atoms with Gasteiger partial charge in [0.25, 0.3) is 0 Å². The summed E-state index contributed by atoms with van der Waals surface area (Å²) in [6.45, 7) is 4.18. The second-order valence-electron chi connectivity index (χ2n) is 4.00. The van der Waals surface area contributed by atoms with Crippen LogP contribution in [0.3, 0.4) is 0 Å². The molecule has 1 aliphatic heterocycles. The van der Waals surface area contributed by atoms with Crippen LogP contribution in [0.2, 0.25) is 0 Å². The minimum absolute atomic E-state index is 0.947. The van der Waals surface area contributed by atoms with Gasteiger partial charge in [0.15, 0.2) is 0 Å². The van der Waals surface area contributed by atoms with Crippen LogP contribution >= 0.6 is 15.9 Å². The lowest BCUT2D eigenvalue weighted by Gasteiger charge is -2.28. The standard InChI is InChI=1S/C12H13BrN2O/c13-9-1-2-10-11(8-16-12(10)7-9)15-5-3-14-4-6-15/h1-2,7-8,14H,3-6H2. The van der Waals surface area contributed by atoms with Crippen molar-refractivity contribution in [2.75, 3.05) is 31.1 Å². The van der Waals surface area contributed by atoms with Crippen molar-refractivity contribution in [2.45, 2.75) is 0 Å². The Balaban J connectivity index is 2.03. The first-order chi connectivity index (χ1) is 7.84. The summed E-state index contributed by atoms with van der Waals surface area (Å²) in [7, 11) is 0. The van der Waals surface area contributed by atoms with Crippen molar-refractivity contribution in [3.05, 3.63) is 28.9 Å². The summed E-state index contributed by atoms with van der Waals surface area (Å²) < 4.78 is 6.65. The number of nitrogens with zero attached hydrogens (tertiary/aromatic N) is 1. The van der Waals surface area contributed by atoms with Gasteiger partial charge in [0.1, 0.15) is 11.8 Å². The molecule has 1 N–H and O–H groups in total. The summed E-state index contributed by atoms with van der Waals surface area (Å²) >= 11 is 3.45. The zero-order valence-corrected chi connectivity index (χ0v) is 10.5. The van der Waals surface area contributed by atoms with Gasteiger partial charge in [-0.1, -0.05) is 15.9 Å². The minimum Gasteiger partial charge on any atom is -0.462 e. The summed E-state index contributed by atoms with van der Waals surface area (Å²) in [6.07, 6.45) is 1.86. The molecule has 0 bridgehead atoms. The molecule has 0 radical (unpaired) electrons. The Kier molecular flexibility index (Phi) is 2.61. The summed E-state index contributed by atoms with van der Waals surface area (Å²) in [5, 5.41) is 4.55. The van der Waals surface area contributed by atoms with Crippen molar-refractivity contribution in [1.29, 1.82) is 0 Å². The fourth-order valence-corrected chi connectivity index (χ4v) is 2.48. The molecular weight excluding hydrogens is 268 g/mol. The van der Waals surface area contributed by atoms with Crippen LogP contribution in [0.15, 0.2) is 33.4 Å². The molecule has 2 heterocycles. The Hall–Kier alpha value is -1.00. The van der Waals surface area contributed by atoms with Crippen LogP contribution in [0.25, 0.3) is 11.0 Å². The predicted molar refractivity (Wildman–Crippen MR) is 69.0 cm³/mol. The van der Waals surface area contributed by atoms with Gasteiger partial charge in [-0.25, -0.2) is 0 Å². The highest BCUT2D eigenvalue weighted by Gasteiger charge is 2.15. The molecule has 0 saturated carbocycles. The van der Waals surface area contributed by atoms with Crippen LogP contribution in [0.1, 0.15) is 0 Å². The number of furan rings is 1. The highest BCUT2D eigenvalue weighted by atomic mass is 79.9. The molecule has 0 atom stereocenters. The van der Waals surface area contributed by atoms with Crippen LogP contribution in [0.4, 0.5) is 5.69 Å². The maximum Gasteiger partial charge on any atom is 0.137 e. The molecule has 1 fully saturated rings. The molecular formula is C12H13BrN2O. The van der Waals surface area contributed by atoms with Crippen LogP contribution in [0, 0.1) is 0 Å². The van der Waals surface area contributed by atoms with Crippen molar-refractivity contribution < 1.29 is 4.42 Å². The second kappa shape index (κ2) is 4.11. The fourth-order valence-electron chi connectivity index (χ4n) is 2.14. The van der Waals surface area contributed by atoms with Gasteiger partial charge in [-0.05, 0) is 18.2 Å². The molecule has 0 unspecified atom stereocenters. The summed E-state index contributed by atoms with van der Waals surface area (Å²) in [5.41, 5.74) is 2.16. The third kappa shape index (κ3) is 1.72. The first-order valence-electron chi connectivity index (χ1n) is 5.47. The molecule has 0 aliphatic carbocycles. The third-order valence-electron chi connectivity index (χ3n) is 2.97. The molecule has 0 spiro atoms. The molecule has 16 heavy (non-hydrogen) atoms. The topological polar surface area (TPSA) is 28.4 Å². The number of benzene rings is 1. The summed E-state index contributed by atoms with van der Waals surface area (Å²) in [4.78, 5) is 2.37. The average molecular weight is 281 g/mol. The van der Waals surface area contributed by atoms with Crippen LogP contribution in [-0.4, -0.2) is 26.2 Å². The van der Waals surface area contributed by atoms with E-state index in [9.17, 15) is 0 Å². The lowest BCUT2D eigenvalue weighted by Crippen LogP contribution is -2.43. The van der Waals surface area contributed by atoms with E-state index in [0.29, 0.717) is 0 Å². The van der Waals surface area contributed by atoms with Gasteiger partial charge in [0.2, 0.25) is 0 Å². The molecule has 1 aromatic carbocycles. The Morgan fingerprint density at radius 3 is 2.88 bits per heavy atom. The SMILES string of the molecule is Brc1ccc2c(N3CCNCC3)coc2c1. The van der Waals surface area contributed by atoms with Gasteiger partial charge < -0.3 is 14.6 Å². The number of halogens is 1. The molecule has 4 heteroatoms. The summed E-state index contributed by atoms with van der Waals surface area (Å²) in [5.74, 6) is 0. The molecule has 2 aromatic rings. The van der Waals surface area contributed by atoms with E-state index in [0.717, 1.165) is 36.2 Å². The number of nitrogens with one attached hydrogen (secondary N) is 1. The number of rotatable bonds is 1. The first kappa shape index (κ1) is 10.2. The molecule has 1 aromatic heterocycles. The van der Waals surface area contributed by atoms with E-state index in [1.165, 1.54) is 11.1 Å². The fraction of sp³-hybridized carbons (Fsp3) is 0.333. The van der Waals surface area contributed by atoms with E-state index in [4.69, 9.17) is 4.42 Å². The molecule has 1 aliphatic rings. The minimum atomic E-state index is 0.947. The van der Waals surface area contributed by atoms with E-state index >= 15 is 0 Å².